The van der Waals surface area contributed by atoms with Gasteiger partial charge in [0, 0.05) is 11.4 Å². The van der Waals surface area contributed by atoms with Gasteiger partial charge in [0.05, 0.1) is 0 Å². The van der Waals surface area contributed by atoms with Crippen molar-refractivity contribution < 1.29 is 0 Å². The molecule has 0 saturated heterocycles. The summed E-state index contributed by atoms with van der Waals surface area (Å²) < 4.78 is 0. The number of hydrogen-bond donors (Lipinski definition) is 1. The molecular formula is C36H57N. The van der Waals surface area contributed by atoms with Crippen LogP contribution in [-0.4, -0.2) is 0 Å². The maximum Gasteiger partial charge on any atom is 0.0381 e. The molecule has 1 N–H and O–H groups in total. The molecule has 4 aliphatic rings. The van der Waals surface area contributed by atoms with Crippen LogP contribution in [0.5, 0.6) is 0 Å². The van der Waals surface area contributed by atoms with E-state index in [0.29, 0.717) is 10.8 Å². The van der Waals surface area contributed by atoms with Crippen molar-refractivity contribution in [3.8, 4) is 0 Å². The van der Waals surface area contributed by atoms with E-state index in [-0.39, 0.29) is 5.41 Å². The monoisotopic (exact) mass is 503 g/mol. The van der Waals surface area contributed by atoms with E-state index < -0.39 is 0 Å². The van der Waals surface area contributed by atoms with E-state index in [4.69, 9.17) is 0 Å². The predicted octanol–water partition coefficient (Wildman–Crippen LogP) is 10.9. The number of nitrogens with one attached hydrogen (secondary N) is 1. The van der Waals surface area contributed by atoms with Crippen molar-refractivity contribution in [3.05, 3.63) is 42.1 Å². The maximum atomic E-state index is 4.32. The summed E-state index contributed by atoms with van der Waals surface area (Å²) in [5.41, 5.74) is 5.26. The van der Waals surface area contributed by atoms with Gasteiger partial charge in [-0.05, 0) is 134 Å². The van der Waals surface area contributed by atoms with Crippen LogP contribution >= 0.6 is 0 Å². The first-order valence-electron chi connectivity index (χ1n) is 16.2. The summed E-state index contributed by atoms with van der Waals surface area (Å²) in [5.74, 6) is 5.17. The number of rotatable bonds is 8. The molecule has 206 valence electrons. The molecule has 1 nitrogen and oxygen atoms in total. The summed E-state index contributed by atoms with van der Waals surface area (Å²) in [7, 11) is 0. The second-order valence-electron chi connectivity index (χ2n) is 15.4. The van der Waals surface area contributed by atoms with Gasteiger partial charge in [0.15, 0.2) is 0 Å². The quantitative estimate of drug-likeness (QED) is 0.348. The highest BCUT2D eigenvalue weighted by atomic mass is 14.9. The van der Waals surface area contributed by atoms with Crippen LogP contribution in [0.15, 0.2) is 36.5 Å². The van der Waals surface area contributed by atoms with E-state index in [1.165, 1.54) is 87.6 Å². The molecule has 7 atom stereocenters. The first-order chi connectivity index (χ1) is 17.6. The lowest BCUT2D eigenvalue weighted by atomic mass is 9.45. The number of fused-ring (bicyclic) bond motifs is 5. The lowest BCUT2D eigenvalue weighted by Crippen LogP contribution is -2.52. The van der Waals surface area contributed by atoms with Crippen LogP contribution in [0.25, 0.3) is 0 Å². The Hall–Kier alpha value is -1.24. The summed E-state index contributed by atoms with van der Waals surface area (Å²) in [6, 6.07) is 8.91. The van der Waals surface area contributed by atoms with Gasteiger partial charge < -0.3 is 5.32 Å². The zero-order chi connectivity index (χ0) is 26.3. The largest absolute Gasteiger partial charge is 0.359 e. The fraction of sp³-hybridized carbons (Fsp3) is 0.778. The number of benzene rings is 1. The van der Waals surface area contributed by atoms with Crippen LogP contribution in [0.4, 0.5) is 5.69 Å². The normalized spacial score (nSPS) is 37.4. The van der Waals surface area contributed by atoms with Gasteiger partial charge in [-0.2, -0.15) is 0 Å². The van der Waals surface area contributed by atoms with Gasteiger partial charge in [-0.1, -0.05) is 79.0 Å². The first-order valence-corrected chi connectivity index (χ1v) is 16.2. The summed E-state index contributed by atoms with van der Waals surface area (Å²) in [4.78, 5) is 0. The SMILES string of the molecule is C=C(CCCCCC1CCC2C3CCC4CCCCC4(C)[C@H]3CCC12C)Nc1ccc(C(C)(C)C)cc1. The molecule has 0 radical (unpaired) electrons. The molecule has 0 aromatic heterocycles. The summed E-state index contributed by atoms with van der Waals surface area (Å²) in [6.07, 6.45) is 21.9. The third-order valence-corrected chi connectivity index (χ3v) is 12.4. The van der Waals surface area contributed by atoms with Crippen molar-refractivity contribution in [1.29, 1.82) is 0 Å². The van der Waals surface area contributed by atoms with Crippen molar-refractivity contribution >= 4 is 5.69 Å². The van der Waals surface area contributed by atoms with Crippen molar-refractivity contribution in [1.82, 2.24) is 0 Å². The highest BCUT2D eigenvalue weighted by molar-refractivity contribution is 5.49. The highest BCUT2D eigenvalue weighted by Crippen LogP contribution is 2.67. The minimum atomic E-state index is 0.207. The average molecular weight is 504 g/mol. The molecule has 5 rings (SSSR count). The molecule has 4 aliphatic carbocycles. The molecule has 1 heteroatoms. The topological polar surface area (TPSA) is 12.0 Å². The van der Waals surface area contributed by atoms with Gasteiger partial charge in [0.2, 0.25) is 0 Å². The minimum Gasteiger partial charge on any atom is -0.359 e. The molecule has 6 unspecified atom stereocenters. The predicted molar refractivity (Wildman–Crippen MR) is 161 cm³/mol. The molecule has 1 aromatic carbocycles. The molecule has 37 heavy (non-hydrogen) atoms. The van der Waals surface area contributed by atoms with Crippen LogP contribution in [-0.2, 0) is 5.41 Å². The molecule has 0 aliphatic heterocycles. The Morgan fingerprint density at radius 1 is 0.838 bits per heavy atom. The van der Waals surface area contributed by atoms with Gasteiger partial charge in [0.25, 0.3) is 0 Å². The van der Waals surface area contributed by atoms with Crippen LogP contribution in [0.1, 0.15) is 136 Å². The van der Waals surface area contributed by atoms with Gasteiger partial charge in [-0.15, -0.1) is 0 Å². The van der Waals surface area contributed by atoms with Crippen molar-refractivity contribution in [3.63, 3.8) is 0 Å². The Bertz CT molecular complexity index is 921. The van der Waals surface area contributed by atoms with Gasteiger partial charge >= 0.3 is 0 Å². The van der Waals surface area contributed by atoms with E-state index in [2.05, 4.69) is 70.8 Å². The Morgan fingerprint density at radius 3 is 2.35 bits per heavy atom. The smallest absolute Gasteiger partial charge is 0.0381 e. The van der Waals surface area contributed by atoms with E-state index in [1.54, 1.807) is 19.3 Å². The first kappa shape index (κ1) is 27.3. The zero-order valence-electron chi connectivity index (χ0n) is 25.0. The molecule has 4 fully saturated rings. The van der Waals surface area contributed by atoms with E-state index in [9.17, 15) is 0 Å². The van der Waals surface area contributed by atoms with E-state index in [1.807, 2.05) is 0 Å². The Morgan fingerprint density at radius 2 is 1.59 bits per heavy atom. The van der Waals surface area contributed by atoms with E-state index in [0.717, 1.165) is 36.0 Å². The fourth-order valence-corrected chi connectivity index (χ4v) is 10.1. The maximum absolute atomic E-state index is 4.32. The number of unbranched alkanes of at least 4 members (excludes halogenated alkanes) is 2. The summed E-state index contributed by atoms with van der Waals surface area (Å²) in [5, 5.41) is 3.55. The van der Waals surface area contributed by atoms with Crippen molar-refractivity contribution in [2.45, 2.75) is 136 Å². The van der Waals surface area contributed by atoms with E-state index >= 15 is 0 Å². The lowest BCUT2D eigenvalue weighted by Gasteiger charge is -2.60. The molecule has 0 bridgehead atoms. The standard InChI is InChI=1S/C36H57N/c1-26(37-30-19-15-27(16-20-30)34(2,3)4)12-8-7-9-13-29-18-22-32-31-21-17-28-14-10-11-24-35(28,5)33(31)23-25-36(29,32)6/h15-16,19-20,28-29,31-33,37H,1,7-14,17-18,21-25H2,2-6H3/t28?,29?,31?,32?,33-,35?,36?/m0/s1. The molecule has 4 saturated carbocycles. The second-order valence-corrected chi connectivity index (χ2v) is 15.4. The minimum absolute atomic E-state index is 0.207. The third kappa shape index (κ3) is 5.45. The number of anilines is 1. The van der Waals surface area contributed by atoms with Crippen molar-refractivity contribution in [2.24, 2.45) is 40.4 Å². The lowest BCUT2D eigenvalue weighted by molar-refractivity contribution is -0.111. The van der Waals surface area contributed by atoms with Gasteiger partial charge in [0.1, 0.15) is 0 Å². The summed E-state index contributed by atoms with van der Waals surface area (Å²) in [6.45, 7) is 16.6. The molecule has 1 aromatic rings. The van der Waals surface area contributed by atoms with Gasteiger partial charge in [-0.25, -0.2) is 0 Å². The Balaban J connectivity index is 1.06. The van der Waals surface area contributed by atoms with Crippen LogP contribution in [0, 0.1) is 40.4 Å². The van der Waals surface area contributed by atoms with Crippen LogP contribution in [0.2, 0.25) is 0 Å². The fourth-order valence-electron chi connectivity index (χ4n) is 10.1. The molecule has 0 heterocycles. The van der Waals surface area contributed by atoms with Crippen LogP contribution in [0.3, 0.4) is 0 Å². The Kier molecular flexibility index (Phi) is 7.93. The molecular weight excluding hydrogens is 446 g/mol. The van der Waals surface area contributed by atoms with Crippen molar-refractivity contribution in [2.75, 3.05) is 5.32 Å². The second kappa shape index (κ2) is 10.7. The van der Waals surface area contributed by atoms with Crippen LogP contribution < -0.4 is 5.32 Å². The highest BCUT2D eigenvalue weighted by Gasteiger charge is 2.59. The third-order valence-electron chi connectivity index (χ3n) is 12.4. The number of allylic oxidation sites excluding steroid dienone is 1. The molecule has 0 spiro atoms. The Labute approximate surface area is 229 Å². The number of hydrogen-bond acceptors (Lipinski definition) is 1. The van der Waals surface area contributed by atoms with Gasteiger partial charge in [-0.3, -0.25) is 0 Å². The summed E-state index contributed by atoms with van der Waals surface area (Å²) >= 11 is 0. The zero-order valence-corrected chi connectivity index (χ0v) is 25.0. The molecule has 0 amide bonds. The average Bonchev–Trinajstić information content (AvgIpc) is 3.19.